The SMILES string of the molecule is CC(C)(C)OC(=O)n1ncc2cc(Nc3nc(-c4cccc(NC(=O)C5CCCN5C(=O)C(F)(F)F)c4)nc4ccccc34)ccc21. The van der Waals surface area contributed by atoms with Crippen molar-refractivity contribution in [1.29, 1.82) is 0 Å². The molecule has 3 heterocycles. The van der Waals surface area contributed by atoms with Gasteiger partial charge in [-0.3, -0.25) is 9.59 Å². The number of hydrogen-bond acceptors (Lipinski definition) is 8. The van der Waals surface area contributed by atoms with Gasteiger partial charge in [-0.05, 0) is 76.1 Å². The number of benzene rings is 3. The maximum atomic E-state index is 13.1. The fourth-order valence-corrected chi connectivity index (χ4v) is 5.41. The first-order valence-electron chi connectivity index (χ1n) is 14.8. The molecule has 1 saturated heterocycles. The van der Waals surface area contributed by atoms with Gasteiger partial charge in [-0.15, -0.1) is 0 Å². The van der Waals surface area contributed by atoms with Crippen LogP contribution >= 0.6 is 0 Å². The normalized spacial score (nSPS) is 15.2. The molecule has 2 aromatic heterocycles. The van der Waals surface area contributed by atoms with Gasteiger partial charge in [0.05, 0.1) is 17.2 Å². The molecule has 3 aromatic carbocycles. The zero-order chi connectivity index (χ0) is 33.5. The van der Waals surface area contributed by atoms with Gasteiger partial charge in [0.25, 0.3) is 0 Å². The van der Waals surface area contributed by atoms with E-state index in [0.29, 0.717) is 56.3 Å². The number of likely N-dealkylation sites (tertiary alicyclic amines) is 1. The number of alkyl halides is 3. The first-order chi connectivity index (χ1) is 22.3. The van der Waals surface area contributed by atoms with Crippen LogP contribution in [0, 0.1) is 0 Å². The number of ether oxygens (including phenoxy) is 1. The molecule has 242 valence electrons. The van der Waals surface area contributed by atoms with E-state index in [0.717, 1.165) is 5.39 Å². The van der Waals surface area contributed by atoms with Crippen LogP contribution in [0.3, 0.4) is 0 Å². The number of carbonyl (C=O) groups excluding carboxylic acids is 3. The summed E-state index contributed by atoms with van der Waals surface area (Å²) in [5.74, 6) is -1.91. The van der Waals surface area contributed by atoms with Gasteiger partial charge >= 0.3 is 18.2 Å². The number of nitrogens with zero attached hydrogens (tertiary/aromatic N) is 5. The Labute approximate surface area is 266 Å². The molecule has 1 atom stereocenters. The van der Waals surface area contributed by atoms with Gasteiger partial charge in [0, 0.05) is 34.3 Å². The summed E-state index contributed by atoms with van der Waals surface area (Å²) in [5.41, 5.74) is 2.06. The molecule has 0 radical (unpaired) electrons. The zero-order valence-electron chi connectivity index (χ0n) is 25.6. The lowest BCUT2D eigenvalue weighted by molar-refractivity contribution is -0.186. The molecule has 5 aromatic rings. The van der Waals surface area contributed by atoms with Crippen LogP contribution in [-0.2, 0) is 14.3 Å². The number of anilines is 3. The van der Waals surface area contributed by atoms with Gasteiger partial charge in [0.15, 0.2) is 5.82 Å². The minimum absolute atomic E-state index is 0.129. The highest BCUT2D eigenvalue weighted by molar-refractivity contribution is 5.99. The van der Waals surface area contributed by atoms with Crippen LogP contribution in [0.15, 0.2) is 72.9 Å². The lowest BCUT2D eigenvalue weighted by Crippen LogP contribution is -2.48. The lowest BCUT2D eigenvalue weighted by atomic mass is 10.1. The van der Waals surface area contributed by atoms with Gasteiger partial charge in [-0.25, -0.2) is 14.8 Å². The van der Waals surface area contributed by atoms with Crippen LogP contribution in [0.4, 0.5) is 35.2 Å². The Kier molecular flexibility index (Phi) is 8.03. The molecule has 2 N–H and O–H groups in total. The fourth-order valence-electron chi connectivity index (χ4n) is 5.41. The minimum atomic E-state index is -5.06. The van der Waals surface area contributed by atoms with Crippen molar-refractivity contribution in [1.82, 2.24) is 24.6 Å². The molecule has 11 nitrogen and oxygen atoms in total. The first-order valence-corrected chi connectivity index (χ1v) is 14.8. The standard InChI is InChI=1S/C33H30F3N7O4/c1-32(2,3)47-31(46)43-25-14-13-22(17-20(25)18-37-43)38-28-23-10-4-5-11-24(23)40-27(41-28)19-8-6-9-21(16-19)39-29(44)26-12-7-15-42(26)30(45)33(34,35)36/h4-6,8-11,13-14,16-18,26H,7,12,15H2,1-3H3,(H,39,44)(H,38,40,41). The van der Waals surface area contributed by atoms with E-state index in [1.807, 2.05) is 30.3 Å². The third-order valence-electron chi connectivity index (χ3n) is 7.45. The summed E-state index contributed by atoms with van der Waals surface area (Å²) in [4.78, 5) is 47.5. The van der Waals surface area contributed by atoms with Gasteiger partial charge in [-0.1, -0.05) is 24.3 Å². The van der Waals surface area contributed by atoms with Crippen molar-refractivity contribution in [3.05, 3.63) is 72.9 Å². The third-order valence-corrected chi connectivity index (χ3v) is 7.45. The van der Waals surface area contributed by atoms with Crippen LogP contribution in [0.1, 0.15) is 33.6 Å². The summed E-state index contributed by atoms with van der Waals surface area (Å²) >= 11 is 0. The Morgan fingerprint density at radius 1 is 0.936 bits per heavy atom. The number of nitrogens with one attached hydrogen (secondary N) is 2. The summed E-state index contributed by atoms with van der Waals surface area (Å²) in [6, 6.07) is 18.2. The van der Waals surface area contributed by atoms with Gasteiger partial charge in [-0.2, -0.15) is 23.0 Å². The largest absolute Gasteiger partial charge is 0.471 e. The fraction of sp³-hybridized carbons (Fsp3) is 0.273. The van der Waals surface area contributed by atoms with Crippen molar-refractivity contribution >= 4 is 56.9 Å². The van der Waals surface area contributed by atoms with E-state index < -0.39 is 35.7 Å². The number of para-hydroxylation sites is 1. The second-order valence-corrected chi connectivity index (χ2v) is 12.1. The van der Waals surface area contributed by atoms with E-state index >= 15 is 0 Å². The van der Waals surface area contributed by atoms with E-state index in [4.69, 9.17) is 14.7 Å². The van der Waals surface area contributed by atoms with E-state index in [1.54, 1.807) is 63.4 Å². The number of aromatic nitrogens is 4. The Hall–Kier alpha value is -5.53. The van der Waals surface area contributed by atoms with E-state index in [2.05, 4.69) is 15.7 Å². The molecule has 14 heteroatoms. The Bertz CT molecular complexity index is 2020. The molecule has 1 aliphatic heterocycles. The Balaban J connectivity index is 1.27. The van der Waals surface area contributed by atoms with Crippen molar-refractivity contribution in [2.45, 2.75) is 51.4 Å². The summed E-state index contributed by atoms with van der Waals surface area (Å²) < 4.78 is 45.9. The van der Waals surface area contributed by atoms with Gasteiger partial charge in [0.1, 0.15) is 17.5 Å². The average molecular weight is 646 g/mol. The second kappa shape index (κ2) is 12.0. The number of rotatable bonds is 5. The van der Waals surface area contributed by atoms with E-state index in [-0.39, 0.29) is 13.0 Å². The summed E-state index contributed by atoms with van der Waals surface area (Å²) in [6.45, 7) is 5.19. The molecule has 0 spiro atoms. The van der Waals surface area contributed by atoms with Crippen LogP contribution in [0.5, 0.6) is 0 Å². The summed E-state index contributed by atoms with van der Waals surface area (Å²) in [5, 5.41) is 11.6. The molecule has 6 rings (SSSR count). The van der Waals surface area contributed by atoms with Crippen molar-refractivity contribution in [2.24, 2.45) is 0 Å². The monoisotopic (exact) mass is 645 g/mol. The molecule has 1 fully saturated rings. The minimum Gasteiger partial charge on any atom is -0.442 e. The number of fused-ring (bicyclic) bond motifs is 2. The molecule has 2 amide bonds. The smallest absolute Gasteiger partial charge is 0.442 e. The quantitative estimate of drug-likeness (QED) is 0.217. The number of halogens is 3. The molecule has 1 unspecified atom stereocenters. The van der Waals surface area contributed by atoms with Crippen molar-refractivity contribution < 1.29 is 32.3 Å². The summed E-state index contributed by atoms with van der Waals surface area (Å²) in [7, 11) is 0. The highest BCUT2D eigenvalue weighted by Crippen LogP contribution is 2.31. The molecule has 47 heavy (non-hydrogen) atoms. The van der Waals surface area contributed by atoms with Crippen molar-refractivity contribution in [3.63, 3.8) is 0 Å². The second-order valence-electron chi connectivity index (χ2n) is 12.1. The molecule has 0 aliphatic carbocycles. The average Bonchev–Trinajstić information content (AvgIpc) is 3.67. The van der Waals surface area contributed by atoms with Crippen LogP contribution in [-0.4, -0.2) is 66.9 Å². The maximum absolute atomic E-state index is 13.1. The molecule has 0 bridgehead atoms. The molecule has 0 saturated carbocycles. The highest BCUT2D eigenvalue weighted by atomic mass is 19.4. The van der Waals surface area contributed by atoms with E-state index in [9.17, 15) is 27.6 Å². The van der Waals surface area contributed by atoms with Crippen LogP contribution in [0.25, 0.3) is 33.2 Å². The topological polar surface area (TPSA) is 131 Å². The molecular formula is C33H30F3N7O4. The van der Waals surface area contributed by atoms with Crippen molar-refractivity contribution in [3.8, 4) is 11.4 Å². The molecular weight excluding hydrogens is 615 g/mol. The maximum Gasteiger partial charge on any atom is 0.471 e. The van der Waals surface area contributed by atoms with Crippen LogP contribution in [0.2, 0.25) is 0 Å². The van der Waals surface area contributed by atoms with E-state index in [1.165, 1.54) is 4.68 Å². The number of amides is 2. The first kappa shape index (κ1) is 31.5. The highest BCUT2D eigenvalue weighted by Gasteiger charge is 2.47. The summed E-state index contributed by atoms with van der Waals surface area (Å²) in [6.07, 6.45) is -3.66. The third kappa shape index (κ3) is 6.71. The lowest BCUT2D eigenvalue weighted by Gasteiger charge is -2.24. The van der Waals surface area contributed by atoms with Gasteiger partial charge in [0.2, 0.25) is 5.91 Å². The number of carbonyl (C=O) groups is 3. The predicted octanol–water partition coefficient (Wildman–Crippen LogP) is 6.67. The van der Waals surface area contributed by atoms with Crippen molar-refractivity contribution in [2.75, 3.05) is 17.2 Å². The number of hydrogen-bond donors (Lipinski definition) is 2. The Morgan fingerprint density at radius 3 is 2.49 bits per heavy atom. The van der Waals surface area contributed by atoms with Crippen LogP contribution < -0.4 is 10.6 Å². The molecule has 1 aliphatic rings. The predicted molar refractivity (Wildman–Crippen MR) is 169 cm³/mol. The van der Waals surface area contributed by atoms with Gasteiger partial charge < -0.3 is 20.3 Å². The Morgan fingerprint density at radius 2 is 1.72 bits per heavy atom. The zero-order valence-corrected chi connectivity index (χ0v) is 25.6.